The molecule has 104 valence electrons. The summed E-state index contributed by atoms with van der Waals surface area (Å²) in [5.74, 6) is -0.707. The fraction of sp³-hybridized carbons (Fsp3) is 0.538. The molecule has 0 saturated carbocycles. The molecule has 1 aromatic heterocycles. The minimum absolute atomic E-state index is 0.0225. The Morgan fingerprint density at radius 2 is 2.11 bits per heavy atom. The monoisotopic (exact) mass is 393 g/mol. The van der Waals surface area contributed by atoms with Crippen molar-refractivity contribution in [3.8, 4) is 0 Å². The van der Waals surface area contributed by atoms with E-state index in [4.69, 9.17) is 0 Å². The number of amides is 1. The van der Waals surface area contributed by atoms with E-state index in [1.54, 1.807) is 16.2 Å². The molecule has 1 saturated heterocycles. The maximum atomic E-state index is 12.3. The molecule has 0 atom stereocenters. The third-order valence-electron chi connectivity index (χ3n) is 3.95. The fourth-order valence-corrected chi connectivity index (χ4v) is 3.78. The van der Waals surface area contributed by atoms with Crippen molar-refractivity contribution in [2.45, 2.75) is 26.2 Å². The summed E-state index contributed by atoms with van der Waals surface area (Å²) in [5.41, 5.74) is 0.0774. The van der Waals surface area contributed by atoms with Crippen molar-refractivity contribution in [1.29, 1.82) is 0 Å². The van der Waals surface area contributed by atoms with Gasteiger partial charge in [0.15, 0.2) is 0 Å². The number of carbonyl (C=O) groups excluding carboxylic acids is 1. The van der Waals surface area contributed by atoms with Crippen molar-refractivity contribution >= 4 is 45.8 Å². The average Bonchev–Trinajstić information content (AvgIpc) is 2.84. The van der Waals surface area contributed by atoms with Crippen LogP contribution >= 0.6 is 33.9 Å². The zero-order valence-electron chi connectivity index (χ0n) is 10.7. The number of hydrogen-bond acceptors (Lipinski definition) is 3. The molecule has 2 rings (SSSR count). The highest BCUT2D eigenvalue weighted by atomic mass is 127. The van der Waals surface area contributed by atoms with E-state index < -0.39 is 11.4 Å². The Balaban J connectivity index is 2.04. The number of piperidine rings is 1. The van der Waals surface area contributed by atoms with Gasteiger partial charge in [-0.15, -0.1) is 11.3 Å². The maximum absolute atomic E-state index is 12.3. The molecule has 1 aliphatic heterocycles. The van der Waals surface area contributed by atoms with Crippen molar-refractivity contribution < 1.29 is 14.7 Å². The number of rotatable bonds is 3. The lowest BCUT2D eigenvalue weighted by atomic mass is 9.76. The summed E-state index contributed by atoms with van der Waals surface area (Å²) in [4.78, 5) is 25.4. The summed E-state index contributed by atoms with van der Waals surface area (Å²) in [6.07, 6.45) is 1.72. The Morgan fingerprint density at radius 3 is 2.53 bits per heavy atom. The van der Waals surface area contributed by atoms with Gasteiger partial charge >= 0.3 is 5.97 Å². The zero-order chi connectivity index (χ0) is 14.0. The van der Waals surface area contributed by atoms with Crippen molar-refractivity contribution in [2.75, 3.05) is 13.1 Å². The summed E-state index contributed by atoms with van der Waals surface area (Å²) >= 11 is 3.75. The molecule has 1 N–H and O–H groups in total. The number of halogens is 1. The summed E-state index contributed by atoms with van der Waals surface area (Å²) in [5, 5.41) is 11.2. The molecule has 4 nitrogen and oxygen atoms in total. The van der Waals surface area contributed by atoms with Crippen LogP contribution in [0.5, 0.6) is 0 Å². The number of nitrogens with zero attached hydrogens (tertiary/aromatic N) is 1. The van der Waals surface area contributed by atoms with E-state index in [9.17, 15) is 14.7 Å². The van der Waals surface area contributed by atoms with Gasteiger partial charge in [0.25, 0.3) is 5.91 Å². The Labute approximate surface area is 129 Å². The van der Waals surface area contributed by atoms with Crippen LogP contribution in [0, 0.1) is 8.30 Å². The third kappa shape index (κ3) is 2.94. The molecule has 0 aliphatic carbocycles. The van der Waals surface area contributed by atoms with Crippen molar-refractivity contribution in [1.82, 2.24) is 4.90 Å². The molecule has 1 amide bonds. The average molecular weight is 393 g/mol. The molecule has 6 heteroatoms. The van der Waals surface area contributed by atoms with Crippen LogP contribution in [0.1, 0.15) is 36.5 Å². The normalized spacial score (nSPS) is 18.3. The lowest BCUT2D eigenvalue weighted by Crippen LogP contribution is -2.46. The molecule has 0 aromatic carbocycles. The van der Waals surface area contributed by atoms with Gasteiger partial charge in [-0.25, -0.2) is 0 Å². The van der Waals surface area contributed by atoms with Gasteiger partial charge in [-0.2, -0.15) is 0 Å². The molecule has 2 heterocycles. The number of aliphatic carboxylic acids is 1. The number of thiophene rings is 1. The number of carboxylic acids is 1. The second-order valence-corrected chi connectivity index (χ2v) is 7.68. The van der Waals surface area contributed by atoms with Gasteiger partial charge in [0.05, 0.1) is 13.9 Å². The third-order valence-corrected chi connectivity index (χ3v) is 5.74. The predicted octanol–water partition coefficient (Wildman–Crippen LogP) is 3.07. The molecular formula is C13H16INO3S. The summed E-state index contributed by atoms with van der Waals surface area (Å²) in [6, 6.07) is 1.88. The predicted molar refractivity (Wildman–Crippen MR) is 82.5 cm³/mol. The molecule has 19 heavy (non-hydrogen) atoms. The van der Waals surface area contributed by atoms with E-state index in [1.807, 2.05) is 18.4 Å². The van der Waals surface area contributed by atoms with Crippen LogP contribution in [0.25, 0.3) is 0 Å². The number of carboxylic acid groups (broad SMARTS) is 1. The summed E-state index contributed by atoms with van der Waals surface area (Å²) < 4.78 is 1.09. The van der Waals surface area contributed by atoms with Gasteiger partial charge < -0.3 is 10.0 Å². The SMILES string of the molecule is CCC1(C(=O)O)CCN(C(=O)c2csc(I)c2)CC1. The summed E-state index contributed by atoms with van der Waals surface area (Å²) in [7, 11) is 0. The highest BCUT2D eigenvalue weighted by Crippen LogP contribution is 2.35. The van der Waals surface area contributed by atoms with Crippen LogP contribution in [-0.2, 0) is 4.79 Å². The molecular weight excluding hydrogens is 377 g/mol. The van der Waals surface area contributed by atoms with Gasteiger partial charge in [-0.1, -0.05) is 6.92 Å². The molecule has 1 aromatic rings. The minimum atomic E-state index is -0.729. The molecule has 0 unspecified atom stereocenters. The van der Waals surface area contributed by atoms with E-state index in [1.165, 1.54) is 0 Å². The smallest absolute Gasteiger partial charge is 0.309 e. The standard InChI is InChI=1S/C13H16INO3S/c1-2-13(12(17)18)3-5-15(6-4-13)11(16)9-7-10(14)19-8-9/h7-8H,2-6H2,1H3,(H,17,18). The second-order valence-electron chi connectivity index (χ2n) is 4.87. The van der Waals surface area contributed by atoms with E-state index in [-0.39, 0.29) is 5.91 Å². The number of likely N-dealkylation sites (tertiary alicyclic amines) is 1. The number of carbonyl (C=O) groups is 2. The van der Waals surface area contributed by atoms with Crippen LogP contribution in [0.3, 0.4) is 0 Å². The number of hydrogen-bond donors (Lipinski definition) is 1. The summed E-state index contributed by atoms with van der Waals surface area (Å²) in [6.45, 7) is 2.98. The van der Waals surface area contributed by atoms with Crippen LogP contribution in [0.4, 0.5) is 0 Å². The molecule has 0 bridgehead atoms. The van der Waals surface area contributed by atoms with Gasteiger partial charge in [0.1, 0.15) is 0 Å². The Morgan fingerprint density at radius 1 is 1.47 bits per heavy atom. The van der Waals surface area contributed by atoms with Gasteiger partial charge in [-0.05, 0) is 47.9 Å². The lowest BCUT2D eigenvalue weighted by molar-refractivity contribution is -0.152. The molecule has 1 fully saturated rings. The fourth-order valence-electron chi connectivity index (χ4n) is 2.46. The first-order valence-corrected chi connectivity index (χ1v) is 8.21. The van der Waals surface area contributed by atoms with Crippen LogP contribution in [-0.4, -0.2) is 35.0 Å². The van der Waals surface area contributed by atoms with Crippen LogP contribution in [0.15, 0.2) is 11.4 Å². The van der Waals surface area contributed by atoms with Gasteiger partial charge in [-0.3, -0.25) is 9.59 Å². The first kappa shape index (κ1) is 14.8. The highest BCUT2D eigenvalue weighted by Gasteiger charge is 2.40. The van der Waals surface area contributed by atoms with Crippen LogP contribution in [0.2, 0.25) is 0 Å². The van der Waals surface area contributed by atoms with E-state index >= 15 is 0 Å². The van der Waals surface area contributed by atoms with Crippen molar-refractivity contribution in [3.63, 3.8) is 0 Å². The quantitative estimate of drug-likeness (QED) is 0.804. The first-order valence-electron chi connectivity index (χ1n) is 6.25. The zero-order valence-corrected chi connectivity index (χ0v) is 13.7. The molecule has 1 aliphatic rings. The minimum Gasteiger partial charge on any atom is -0.481 e. The Bertz CT molecular complexity index is 492. The second kappa shape index (κ2) is 5.78. The maximum Gasteiger partial charge on any atom is 0.309 e. The first-order chi connectivity index (χ1) is 8.98. The van der Waals surface area contributed by atoms with E-state index in [0.717, 1.165) is 2.88 Å². The van der Waals surface area contributed by atoms with Crippen molar-refractivity contribution in [3.05, 3.63) is 19.9 Å². The Hall–Kier alpha value is -0.630. The molecule has 0 spiro atoms. The van der Waals surface area contributed by atoms with Gasteiger partial charge in [0, 0.05) is 18.5 Å². The highest BCUT2D eigenvalue weighted by molar-refractivity contribution is 14.1. The molecule has 0 radical (unpaired) electrons. The van der Waals surface area contributed by atoms with Crippen LogP contribution < -0.4 is 0 Å². The van der Waals surface area contributed by atoms with Gasteiger partial charge in [0.2, 0.25) is 0 Å². The lowest BCUT2D eigenvalue weighted by Gasteiger charge is -2.38. The van der Waals surface area contributed by atoms with E-state index in [2.05, 4.69) is 22.6 Å². The largest absolute Gasteiger partial charge is 0.481 e. The topological polar surface area (TPSA) is 57.6 Å². The van der Waals surface area contributed by atoms with E-state index in [0.29, 0.717) is 37.9 Å². The Kier molecular flexibility index (Phi) is 4.50. The van der Waals surface area contributed by atoms with Crippen molar-refractivity contribution in [2.24, 2.45) is 5.41 Å².